The molecule has 0 aliphatic carbocycles. The number of methoxy groups -OCH3 is 1. The van der Waals surface area contributed by atoms with Crippen LogP contribution in [0.4, 0.5) is 5.13 Å². The Labute approximate surface area is 178 Å². The molecule has 0 unspecified atom stereocenters. The van der Waals surface area contributed by atoms with Crippen molar-refractivity contribution >= 4 is 22.4 Å². The number of nitrogens with one attached hydrogen (secondary N) is 1. The predicted molar refractivity (Wildman–Crippen MR) is 119 cm³/mol. The number of hydrogen-bond donors (Lipinski definition) is 1. The van der Waals surface area contributed by atoms with Crippen LogP contribution in [0.2, 0.25) is 0 Å². The second-order valence-corrected chi connectivity index (χ2v) is 7.71. The number of aryl methyl sites for hydroxylation is 2. The molecule has 1 N–H and O–H groups in total. The van der Waals surface area contributed by atoms with Gasteiger partial charge in [-0.05, 0) is 50.2 Å². The molecule has 30 heavy (non-hydrogen) atoms. The molecule has 0 radical (unpaired) electrons. The van der Waals surface area contributed by atoms with E-state index >= 15 is 0 Å². The Morgan fingerprint density at radius 2 is 1.83 bits per heavy atom. The summed E-state index contributed by atoms with van der Waals surface area (Å²) in [6.45, 7) is 4.06. The van der Waals surface area contributed by atoms with Gasteiger partial charge in [-0.3, -0.25) is 20.1 Å². The van der Waals surface area contributed by atoms with Crippen LogP contribution in [0.15, 0.2) is 60.2 Å². The molecule has 0 aliphatic rings. The molecule has 0 fully saturated rings. The van der Waals surface area contributed by atoms with Gasteiger partial charge in [0.2, 0.25) is 0 Å². The lowest BCUT2D eigenvalue weighted by Gasteiger charge is -2.10. The van der Waals surface area contributed by atoms with Crippen LogP contribution in [-0.2, 0) is 0 Å². The lowest BCUT2D eigenvalue weighted by molar-refractivity contribution is 0.102. The van der Waals surface area contributed by atoms with Gasteiger partial charge in [0.25, 0.3) is 5.91 Å². The molecule has 0 aliphatic heterocycles. The van der Waals surface area contributed by atoms with Crippen molar-refractivity contribution in [1.82, 2.24) is 15.0 Å². The summed E-state index contributed by atoms with van der Waals surface area (Å²) in [7, 11) is 1.60. The number of nitrogens with zero attached hydrogens (tertiary/aromatic N) is 3. The molecule has 0 spiro atoms. The van der Waals surface area contributed by atoms with Crippen LogP contribution in [0.25, 0.3) is 22.6 Å². The maximum atomic E-state index is 13.0. The monoisotopic (exact) mass is 416 g/mol. The van der Waals surface area contributed by atoms with Crippen molar-refractivity contribution < 1.29 is 9.53 Å². The number of aromatic nitrogens is 3. The molecule has 0 saturated heterocycles. The van der Waals surface area contributed by atoms with E-state index in [1.54, 1.807) is 31.6 Å². The second kappa shape index (κ2) is 8.42. The van der Waals surface area contributed by atoms with Crippen molar-refractivity contribution in [3.05, 3.63) is 76.9 Å². The fourth-order valence-electron chi connectivity index (χ4n) is 3.20. The van der Waals surface area contributed by atoms with E-state index in [0.29, 0.717) is 33.5 Å². The van der Waals surface area contributed by atoms with Gasteiger partial charge < -0.3 is 4.74 Å². The highest BCUT2D eigenvalue weighted by Crippen LogP contribution is 2.27. The van der Waals surface area contributed by atoms with E-state index in [0.717, 1.165) is 16.7 Å². The molecule has 1 amide bonds. The van der Waals surface area contributed by atoms with E-state index in [2.05, 4.69) is 26.3 Å². The molecule has 4 aromatic rings. The number of anilines is 1. The highest BCUT2D eigenvalue weighted by atomic mass is 32.1. The number of amides is 1. The van der Waals surface area contributed by atoms with Crippen LogP contribution < -0.4 is 10.1 Å². The third-order valence-corrected chi connectivity index (χ3v) is 5.26. The normalized spacial score (nSPS) is 10.6. The van der Waals surface area contributed by atoms with Crippen LogP contribution in [0.5, 0.6) is 5.75 Å². The SMILES string of the molecule is COc1ccc(-c2csc(NC(=O)c3cccnc3-c3cc(C)cc(C)c3)n2)nc1. The molecule has 3 aromatic heterocycles. The Balaban J connectivity index is 1.59. The summed E-state index contributed by atoms with van der Waals surface area (Å²) in [6.07, 6.45) is 3.33. The summed E-state index contributed by atoms with van der Waals surface area (Å²) < 4.78 is 5.13. The summed E-state index contributed by atoms with van der Waals surface area (Å²) in [4.78, 5) is 26.3. The zero-order valence-electron chi connectivity index (χ0n) is 16.8. The van der Waals surface area contributed by atoms with Gasteiger partial charge in [0, 0.05) is 17.1 Å². The van der Waals surface area contributed by atoms with Gasteiger partial charge in [0.05, 0.1) is 30.3 Å². The molecule has 6 nitrogen and oxygen atoms in total. The van der Waals surface area contributed by atoms with E-state index in [-0.39, 0.29) is 5.91 Å². The first-order valence-electron chi connectivity index (χ1n) is 9.34. The molecular formula is C23H20N4O2S. The fourth-order valence-corrected chi connectivity index (χ4v) is 3.90. The Hall–Kier alpha value is -3.58. The number of benzene rings is 1. The van der Waals surface area contributed by atoms with E-state index < -0.39 is 0 Å². The highest BCUT2D eigenvalue weighted by molar-refractivity contribution is 7.14. The molecule has 0 saturated carbocycles. The maximum Gasteiger partial charge on any atom is 0.259 e. The van der Waals surface area contributed by atoms with E-state index in [1.165, 1.54) is 11.3 Å². The second-order valence-electron chi connectivity index (χ2n) is 6.85. The first kappa shape index (κ1) is 19.7. The number of carbonyl (C=O) groups is 1. The lowest BCUT2D eigenvalue weighted by Crippen LogP contribution is -2.13. The maximum absolute atomic E-state index is 13.0. The topological polar surface area (TPSA) is 77.0 Å². The van der Waals surface area contributed by atoms with Gasteiger partial charge in [-0.2, -0.15) is 0 Å². The van der Waals surface area contributed by atoms with Gasteiger partial charge in [0.15, 0.2) is 5.13 Å². The van der Waals surface area contributed by atoms with Gasteiger partial charge >= 0.3 is 0 Å². The van der Waals surface area contributed by atoms with Gasteiger partial charge in [-0.1, -0.05) is 17.2 Å². The highest BCUT2D eigenvalue weighted by Gasteiger charge is 2.16. The van der Waals surface area contributed by atoms with Crippen molar-refractivity contribution in [1.29, 1.82) is 0 Å². The van der Waals surface area contributed by atoms with Crippen LogP contribution in [-0.4, -0.2) is 28.0 Å². The Kier molecular flexibility index (Phi) is 5.54. The molecule has 0 atom stereocenters. The lowest BCUT2D eigenvalue weighted by atomic mass is 10.0. The quantitative estimate of drug-likeness (QED) is 0.487. The number of hydrogen-bond acceptors (Lipinski definition) is 6. The summed E-state index contributed by atoms with van der Waals surface area (Å²) in [6, 6.07) is 13.3. The molecule has 7 heteroatoms. The van der Waals surface area contributed by atoms with Crippen molar-refractivity contribution in [2.24, 2.45) is 0 Å². The minimum absolute atomic E-state index is 0.249. The number of rotatable bonds is 5. The van der Waals surface area contributed by atoms with E-state index in [4.69, 9.17) is 4.74 Å². The number of ether oxygens (including phenoxy) is 1. The van der Waals surface area contributed by atoms with Crippen molar-refractivity contribution in [2.45, 2.75) is 13.8 Å². The molecule has 0 bridgehead atoms. The van der Waals surface area contributed by atoms with Gasteiger partial charge in [-0.25, -0.2) is 4.98 Å². The minimum atomic E-state index is -0.249. The predicted octanol–water partition coefficient (Wildman–Crippen LogP) is 5.14. The summed E-state index contributed by atoms with van der Waals surface area (Å²) in [5.41, 5.74) is 5.72. The summed E-state index contributed by atoms with van der Waals surface area (Å²) in [5.74, 6) is 0.429. The van der Waals surface area contributed by atoms with E-state index in [1.807, 2.05) is 43.5 Å². The van der Waals surface area contributed by atoms with Crippen LogP contribution >= 0.6 is 11.3 Å². The first-order valence-corrected chi connectivity index (χ1v) is 10.2. The smallest absolute Gasteiger partial charge is 0.259 e. The van der Waals surface area contributed by atoms with E-state index in [9.17, 15) is 4.79 Å². The average Bonchev–Trinajstić information content (AvgIpc) is 3.21. The molecule has 150 valence electrons. The van der Waals surface area contributed by atoms with Gasteiger partial charge in [0.1, 0.15) is 11.4 Å². The van der Waals surface area contributed by atoms with Gasteiger partial charge in [-0.15, -0.1) is 11.3 Å². The van der Waals surface area contributed by atoms with Crippen molar-refractivity contribution in [3.63, 3.8) is 0 Å². The third-order valence-electron chi connectivity index (χ3n) is 4.51. The number of thiazole rings is 1. The van der Waals surface area contributed by atoms with Crippen LogP contribution in [0.3, 0.4) is 0 Å². The Morgan fingerprint density at radius 1 is 1.03 bits per heavy atom. The molecule has 4 rings (SSSR count). The fraction of sp³-hybridized carbons (Fsp3) is 0.130. The van der Waals surface area contributed by atoms with Crippen molar-refractivity contribution in [3.8, 4) is 28.4 Å². The summed E-state index contributed by atoms with van der Waals surface area (Å²) in [5, 5.41) is 5.25. The first-order chi connectivity index (χ1) is 14.5. The largest absolute Gasteiger partial charge is 0.495 e. The summed E-state index contributed by atoms with van der Waals surface area (Å²) >= 11 is 1.35. The molecule has 1 aromatic carbocycles. The Morgan fingerprint density at radius 3 is 2.53 bits per heavy atom. The molecule has 3 heterocycles. The van der Waals surface area contributed by atoms with Crippen LogP contribution in [0.1, 0.15) is 21.5 Å². The third kappa shape index (κ3) is 4.21. The standard InChI is InChI=1S/C23H20N4O2S/c1-14-9-15(2)11-16(10-14)21-18(5-4-8-24-21)22(28)27-23-26-20(13-30-23)19-7-6-17(29-3)12-25-19/h4-13H,1-3H3,(H,26,27,28). The average molecular weight is 417 g/mol. The minimum Gasteiger partial charge on any atom is -0.495 e. The Bertz CT molecular complexity index is 1180. The zero-order chi connectivity index (χ0) is 21.1. The number of carbonyl (C=O) groups excluding carboxylic acids is 1. The zero-order valence-corrected chi connectivity index (χ0v) is 17.7. The number of pyridine rings is 2. The molecular weight excluding hydrogens is 396 g/mol. The van der Waals surface area contributed by atoms with Crippen molar-refractivity contribution in [2.75, 3.05) is 12.4 Å². The van der Waals surface area contributed by atoms with Crippen LogP contribution in [0, 0.1) is 13.8 Å².